The molecule has 0 atom stereocenters. The lowest BCUT2D eigenvalue weighted by molar-refractivity contribution is 0.0600. The van der Waals surface area contributed by atoms with E-state index in [0.717, 1.165) is 0 Å². The molecule has 0 unspecified atom stereocenters. The Kier molecular flexibility index (Phi) is 5.37. The lowest BCUT2D eigenvalue weighted by Gasteiger charge is -2.10. The van der Waals surface area contributed by atoms with Crippen LogP contribution >= 0.6 is 0 Å². The number of esters is 1. The van der Waals surface area contributed by atoms with Crippen molar-refractivity contribution in [2.75, 3.05) is 12.4 Å². The van der Waals surface area contributed by atoms with E-state index >= 15 is 0 Å². The molecule has 0 saturated carbocycles. The van der Waals surface area contributed by atoms with Gasteiger partial charge < -0.3 is 19.9 Å². The number of carbonyl (C=O) groups is 2. The molecule has 0 spiro atoms. The molecule has 0 fully saturated rings. The van der Waals surface area contributed by atoms with Crippen molar-refractivity contribution in [2.24, 2.45) is 0 Å². The number of amides is 1. The minimum absolute atomic E-state index is 0.182. The summed E-state index contributed by atoms with van der Waals surface area (Å²) >= 11 is 0. The lowest BCUT2D eigenvalue weighted by Crippen LogP contribution is -2.12. The first kappa shape index (κ1) is 18.0. The molecule has 0 radical (unpaired) electrons. The second-order valence-corrected chi connectivity index (χ2v) is 5.62. The molecule has 3 aromatic carbocycles. The van der Waals surface area contributed by atoms with Crippen LogP contribution in [-0.4, -0.2) is 24.1 Å². The van der Waals surface area contributed by atoms with Crippen molar-refractivity contribution >= 4 is 17.6 Å². The van der Waals surface area contributed by atoms with Crippen LogP contribution in [0.4, 0.5) is 5.69 Å². The fourth-order valence-electron chi connectivity index (χ4n) is 2.40. The van der Waals surface area contributed by atoms with Crippen LogP contribution in [0.2, 0.25) is 0 Å². The van der Waals surface area contributed by atoms with Gasteiger partial charge in [0.05, 0.1) is 18.4 Å². The zero-order chi connectivity index (χ0) is 19.2. The van der Waals surface area contributed by atoms with Crippen LogP contribution in [0.3, 0.4) is 0 Å². The van der Waals surface area contributed by atoms with E-state index in [1.54, 1.807) is 24.3 Å². The largest absolute Gasteiger partial charge is 0.506 e. The molecule has 6 heteroatoms. The number of methoxy groups -OCH3 is 1. The highest BCUT2D eigenvalue weighted by molar-refractivity contribution is 6.05. The van der Waals surface area contributed by atoms with Gasteiger partial charge in [0.2, 0.25) is 0 Å². The molecule has 27 heavy (non-hydrogen) atoms. The highest BCUT2D eigenvalue weighted by Gasteiger charge is 2.13. The van der Waals surface area contributed by atoms with Crippen molar-refractivity contribution in [3.05, 3.63) is 83.9 Å². The fraction of sp³-hybridized carbons (Fsp3) is 0.0476. The summed E-state index contributed by atoms with van der Waals surface area (Å²) in [4.78, 5) is 24.0. The normalized spacial score (nSPS) is 10.1. The predicted molar refractivity (Wildman–Crippen MR) is 100 cm³/mol. The highest BCUT2D eigenvalue weighted by atomic mass is 16.5. The number of nitrogens with one attached hydrogen (secondary N) is 1. The molecule has 3 rings (SSSR count). The second-order valence-electron chi connectivity index (χ2n) is 5.62. The number of aromatic hydroxyl groups is 1. The van der Waals surface area contributed by atoms with E-state index in [1.165, 1.54) is 25.3 Å². The van der Waals surface area contributed by atoms with E-state index in [-0.39, 0.29) is 17.0 Å². The summed E-state index contributed by atoms with van der Waals surface area (Å²) in [5, 5.41) is 12.6. The Labute approximate surface area is 156 Å². The van der Waals surface area contributed by atoms with Gasteiger partial charge in [0, 0.05) is 5.56 Å². The summed E-state index contributed by atoms with van der Waals surface area (Å²) in [5.41, 5.74) is 0.730. The van der Waals surface area contributed by atoms with E-state index < -0.39 is 11.9 Å². The average molecular weight is 363 g/mol. The van der Waals surface area contributed by atoms with Crippen molar-refractivity contribution in [2.45, 2.75) is 0 Å². The number of benzene rings is 3. The summed E-state index contributed by atoms with van der Waals surface area (Å²) in [6.07, 6.45) is 0. The van der Waals surface area contributed by atoms with Crippen LogP contribution in [0, 0.1) is 0 Å². The van der Waals surface area contributed by atoms with Gasteiger partial charge in [-0.25, -0.2) is 4.79 Å². The van der Waals surface area contributed by atoms with Crippen LogP contribution in [0.15, 0.2) is 72.8 Å². The molecule has 0 aliphatic heterocycles. The molecule has 0 saturated heterocycles. The number of rotatable bonds is 5. The first-order valence-corrected chi connectivity index (χ1v) is 8.12. The van der Waals surface area contributed by atoms with Gasteiger partial charge >= 0.3 is 5.97 Å². The number of ether oxygens (including phenoxy) is 2. The molecule has 3 aromatic rings. The van der Waals surface area contributed by atoms with Crippen LogP contribution < -0.4 is 10.1 Å². The smallest absolute Gasteiger partial charge is 0.337 e. The van der Waals surface area contributed by atoms with E-state index in [1.807, 2.05) is 30.3 Å². The number of phenols is 1. The average Bonchev–Trinajstić information content (AvgIpc) is 2.69. The molecule has 0 aliphatic carbocycles. The first-order chi connectivity index (χ1) is 13.1. The summed E-state index contributed by atoms with van der Waals surface area (Å²) in [7, 11) is 1.25. The molecule has 0 bridgehead atoms. The SMILES string of the molecule is COC(=O)c1ccc(NC(=O)c2cccc(Oc3ccccc3)c2)c(O)c1. The van der Waals surface area contributed by atoms with Gasteiger partial charge in [-0.1, -0.05) is 24.3 Å². The third-order valence-electron chi connectivity index (χ3n) is 3.74. The number of anilines is 1. The monoisotopic (exact) mass is 363 g/mol. The van der Waals surface area contributed by atoms with Crippen molar-refractivity contribution in [3.8, 4) is 17.2 Å². The molecule has 0 heterocycles. The zero-order valence-corrected chi connectivity index (χ0v) is 14.5. The van der Waals surface area contributed by atoms with E-state index in [0.29, 0.717) is 17.1 Å². The maximum atomic E-state index is 12.5. The Balaban J connectivity index is 1.75. The molecular weight excluding hydrogens is 346 g/mol. The molecular formula is C21H17NO5. The van der Waals surface area contributed by atoms with Crippen LogP contribution in [0.1, 0.15) is 20.7 Å². The van der Waals surface area contributed by atoms with Crippen molar-refractivity contribution in [3.63, 3.8) is 0 Å². The molecule has 6 nitrogen and oxygen atoms in total. The maximum Gasteiger partial charge on any atom is 0.337 e. The Morgan fingerprint density at radius 1 is 0.852 bits per heavy atom. The summed E-state index contributed by atoms with van der Waals surface area (Å²) in [6, 6.07) is 20.0. The topological polar surface area (TPSA) is 84.9 Å². The summed E-state index contributed by atoms with van der Waals surface area (Å²) in [6.45, 7) is 0. The summed E-state index contributed by atoms with van der Waals surface area (Å²) in [5.74, 6) is -0.0586. The van der Waals surface area contributed by atoms with Crippen LogP contribution in [0.5, 0.6) is 17.2 Å². The maximum absolute atomic E-state index is 12.5. The Morgan fingerprint density at radius 2 is 1.59 bits per heavy atom. The van der Waals surface area contributed by atoms with Crippen molar-refractivity contribution in [1.82, 2.24) is 0 Å². The van der Waals surface area contributed by atoms with Crippen LogP contribution in [0.25, 0.3) is 0 Å². The van der Waals surface area contributed by atoms with Crippen molar-refractivity contribution < 1.29 is 24.2 Å². The van der Waals surface area contributed by atoms with Gasteiger partial charge in [0.15, 0.2) is 0 Å². The van der Waals surface area contributed by atoms with Gasteiger partial charge in [0.1, 0.15) is 17.2 Å². The van der Waals surface area contributed by atoms with Crippen molar-refractivity contribution in [1.29, 1.82) is 0 Å². The lowest BCUT2D eigenvalue weighted by atomic mass is 10.1. The van der Waals surface area contributed by atoms with Gasteiger partial charge in [-0.3, -0.25) is 4.79 Å². The first-order valence-electron chi connectivity index (χ1n) is 8.12. The predicted octanol–water partition coefficient (Wildman–Crippen LogP) is 4.22. The van der Waals surface area contributed by atoms with Gasteiger partial charge in [-0.2, -0.15) is 0 Å². The standard InChI is InChI=1S/C21H17NO5/c1-26-21(25)15-10-11-18(19(23)13-15)22-20(24)14-6-5-9-17(12-14)27-16-7-3-2-4-8-16/h2-13,23H,1H3,(H,22,24). The van der Waals surface area contributed by atoms with E-state index in [2.05, 4.69) is 10.1 Å². The quantitative estimate of drug-likeness (QED) is 0.524. The molecule has 0 aliphatic rings. The number of carbonyl (C=O) groups excluding carboxylic acids is 2. The fourth-order valence-corrected chi connectivity index (χ4v) is 2.40. The van der Waals surface area contributed by atoms with E-state index in [9.17, 15) is 14.7 Å². The summed E-state index contributed by atoms with van der Waals surface area (Å²) < 4.78 is 10.3. The van der Waals surface area contributed by atoms with Gasteiger partial charge in [-0.15, -0.1) is 0 Å². The Bertz CT molecular complexity index is 969. The third-order valence-corrected chi connectivity index (χ3v) is 3.74. The second kappa shape index (κ2) is 8.05. The minimum atomic E-state index is -0.575. The third kappa shape index (κ3) is 4.43. The number of para-hydroxylation sites is 1. The molecule has 136 valence electrons. The molecule has 0 aromatic heterocycles. The number of phenolic OH excluding ortho intramolecular Hbond substituents is 1. The molecule has 2 N–H and O–H groups in total. The Morgan fingerprint density at radius 3 is 2.30 bits per heavy atom. The number of hydrogen-bond donors (Lipinski definition) is 2. The number of hydrogen-bond acceptors (Lipinski definition) is 5. The Hall–Kier alpha value is -3.80. The minimum Gasteiger partial charge on any atom is -0.506 e. The van der Waals surface area contributed by atoms with Crippen LogP contribution in [-0.2, 0) is 4.74 Å². The zero-order valence-electron chi connectivity index (χ0n) is 14.5. The molecule has 1 amide bonds. The van der Waals surface area contributed by atoms with Gasteiger partial charge in [-0.05, 0) is 48.5 Å². The van der Waals surface area contributed by atoms with Gasteiger partial charge in [0.25, 0.3) is 5.91 Å². The highest BCUT2D eigenvalue weighted by Crippen LogP contribution is 2.26. The van der Waals surface area contributed by atoms with E-state index in [4.69, 9.17) is 4.74 Å².